The van der Waals surface area contributed by atoms with E-state index in [1.54, 1.807) is 0 Å². The first-order chi connectivity index (χ1) is 8.45. The van der Waals surface area contributed by atoms with E-state index < -0.39 is 23.6 Å². The number of aryl methyl sites for hydroxylation is 1. The summed E-state index contributed by atoms with van der Waals surface area (Å²) in [4.78, 5) is 0. The number of rotatable bonds is 2. The van der Waals surface area contributed by atoms with Gasteiger partial charge in [0.05, 0.1) is 0 Å². The fraction of sp³-hybridized carbons (Fsp3) is 0.455. The molecule has 1 rings (SSSR count). The van der Waals surface area contributed by atoms with Crippen molar-refractivity contribution in [1.82, 2.24) is 0 Å². The monoisotopic (exact) mass is 289 g/mol. The standard InChI is InChI=1S/C11H10F7N/c1-2-6-5-7(3-4-8(6)19)9(12,10(13,14)15)11(16,17)18/h3-5H,2,19H2,1H3. The van der Waals surface area contributed by atoms with Crippen LogP contribution in [0.3, 0.4) is 0 Å². The van der Waals surface area contributed by atoms with Crippen LogP contribution < -0.4 is 5.73 Å². The van der Waals surface area contributed by atoms with Crippen LogP contribution in [0.1, 0.15) is 18.1 Å². The molecule has 8 heteroatoms. The average molecular weight is 289 g/mol. The number of anilines is 1. The Hall–Kier alpha value is -1.47. The van der Waals surface area contributed by atoms with Crippen LogP contribution in [0.4, 0.5) is 36.4 Å². The quantitative estimate of drug-likeness (QED) is 0.643. The van der Waals surface area contributed by atoms with Crippen molar-refractivity contribution in [2.75, 3.05) is 5.73 Å². The van der Waals surface area contributed by atoms with Gasteiger partial charge in [-0.05, 0) is 24.1 Å². The van der Waals surface area contributed by atoms with Crippen LogP contribution in [0.5, 0.6) is 0 Å². The van der Waals surface area contributed by atoms with Gasteiger partial charge in [-0.1, -0.05) is 13.0 Å². The van der Waals surface area contributed by atoms with E-state index in [9.17, 15) is 30.7 Å². The first-order valence-electron chi connectivity index (χ1n) is 5.16. The van der Waals surface area contributed by atoms with E-state index in [4.69, 9.17) is 5.73 Å². The zero-order valence-corrected chi connectivity index (χ0v) is 9.66. The fourth-order valence-corrected chi connectivity index (χ4v) is 1.61. The van der Waals surface area contributed by atoms with Crippen molar-refractivity contribution < 1.29 is 30.7 Å². The van der Waals surface area contributed by atoms with Crippen molar-refractivity contribution >= 4 is 5.69 Å². The van der Waals surface area contributed by atoms with E-state index in [0.29, 0.717) is 12.1 Å². The maximum Gasteiger partial charge on any atom is 0.435 e. The van der Waals surface area contributed by atoms with Crippen LogP contribution in [0, 0.1) is 0 Å². The molecular formula is C11H10F7N. The second kappa shape index (κ2) is 4.57. The number of nitrogen functional groups attached to an aromatic ring is 1. The molecule has 1 aromatic rings. The van der Waals surface area contributed by atoms with Gasteiger partial charge in [-0.25, -0.2) is 4.39 Å². The Balaban J connectivity index is 3.52. The predicted octanol–water partition coefficient (Wildman–Crippen LogP) is 4.12. The lowest BCUT2D eigenvalue weighted by Gasteiger charge is -2.30. The van der Waals surface area contributed by atoms with Crippen molar-refractivity contribution in [3.05, 3.63) is 29.3 Å². The third-order valence-electron chi connectivity index (χ3n) is 2.70. The predicted molar refractivity (Wildman–Crippen MR) is 55.1 cm³/mol. The molecule has 108 valence electrons. The highest BCUT2D eigenvalue weighted by Crippen LogP contribution is 2.53. The molecule has 0 saturated heterocycles. The molecule has 0 atom stereocenters. The molecule has 0 saturated carbocycles. The van der Waals surface area contributed by atoms with Crippen molar-refractivity contribution in [2.24, 2.45) is 0 Å². The van der Waals surface area contributed by atoms with Crippen molar-refractivity contribution in [2.45, 2.75) is 31.4 Å². The summed E-state index contributed by atoms with van der Waals surface area (Å²) in [6, 6.07) is 1.73. The van der Waals surface area contributed by atoms with Crippen LogP contribution in [0.15, 0.2) is 18.2 Å². The molecule has 0 unspecified atom stereocenters. The molecule has 0 bridgehead atoms. The first kappa shape index (κ1) is 15.6. The molecule has 19 heavy (non-hydrogen) atoms. The molecule has 2 N–H and O–H groups in total. The van der Waals surface area contributed by atoms with Gasteiger partial charge in [0.1, 0.15) is 0 Å². The van der Waals surface area contributed by atoms with E-state index in [1.165, 1.54) is 6.92 Å². The van der Waals surface area contributed by atoms with Gasteiger partial charge in [-0.3, -0.25) is 0 Å². The zero-order chi connectivity index (χ0) is 15.1. The summed E-state index contributed by atoms with van der Waals surface area (Å²) >= 11 is 0. The number of hydrogen-bond donors (Lipinski definition) is 1. The molecule has 0 spiro atoms. The van der Waals surface area contributed by atoms with E-state index in [2.05, 4.69) is 0 Å². The topological polar surface area (TPSA) is 26.0 Å². The molecule has 0 aliphatic rings. The van der Waals surface area contributed by atoms with Gasteiger partial charge in [0.2, 0.25) is 0 Å². The summed E-state index contributed by atoms with van der Waals surface area (Å²) in [5.74, 6) is 0. The smallest absolute Gasteiger partial charge is 0.399 e. The Labute approximate surface area is 104 Å². The third-order valence-corrected chi connectivity index (χ3v) is 2.70. The largest absolute Gasteiger partial charge is 0.435 e. The number of benzene rings is 1. The molecule has 0 radical (unpaired) electrons. The highest BCUT2D eigenvalue weighted by Gasteiger charge is 2.73. The lowest BCUT2D eigenvalue weighted by molar-refractivity contribution is -0.348. The van der Waals surface area contributed by atoms with Crippen LogP contribution in [-0.2, 0) is 12.1 Å². The molecule has 0 fully saturated rings. The fourth-order valence-electron chi connectivity index (χ4n) is 1.61. The van der Waals surface area contributed by atoms with Crippen molar-refractivity contribution in [3.8, 4) is 0 Å². The van der Waals surface area contributed by atoms with Gasteiger partial charge in [-0.15, -0.1) is 0 Å². The lowest BCUT2D eigenvalue weighted by Crippen LogP contribution is -2.50. The summed E-state index contributed by atoms with van der Waals surface area (Å²) in [5.41, 5.74) is -1.51. The molecule has 0 aromatic heterocycles. The normalized spacial score (nSPS) is 13.7. The Morgan fingerprint density at radius 1 is 0.947 bits per heavy atom. The number of halogens is 7. The summed E-state index contributed by atoms with van der Waals surface area (Å²) in [6.07, 6.45) is -12.1. The van der Waals surface area contributed by atoms with E-state index in [0.717, 1.165) is 6.07 Å². The number of hydrogen-bond acceptors (Lipinski definition) is 1. The Kier molecular flexibility index (Phi) is 3.75. The first-order valence-corrected chi connectivity index (χ1v) is 5.16. The molecule has 0 aliphatic heterocycles. The lowest BCUT2D eigenvalue weighted by atomic mass is 9.91. The van der Waals surface area contributed by atoms with E-state index >= 15 is 0 Å². The Morgan fingerprint density at radius 3 is 1.79 bits per heavy atom. The van der Waals surface area contributed by atoms with Crippen LogP contribution >= 0.6 is 0 Å². The van der Waals surface area contributed by atoms with Gasteiger partial charge >= 0.3 is 18.0 Å². The van der Waals surface area contributed by atoms with Gasteiger partial charge in [0.25, 0.3) is 0 Å². The van der Waals surface area contributed by atoms with Gasteiger partial charge in [0.15, 0.2) is 0 Å². The van der Waals surface area contributed by atoms with Crippen LogP contribution in [0.25, 0.3) is 0 Å². The highest BCUT2D eigenvalue weighted by atomic mass is 19.4. The van der Waals surface area contributed by atoms with Crippen molar-refractivity contribution in [1.29, 1.82) is 0 Å². The second-order valence-electron chi connectivity index (χ2n) is 3.92. The second-order valence-corrected chi connectivity index (χ2v) is 3.92. The molecule has 0 amide bonds. The summed E-state index contributed by atoms with van der Waals surface area (Å²) < 4.78 is 88.7. The Morgan fingerprint density at radius 2 is 1.42 bits per heavy atom. The molecule has 1 aromatic carbocycles. The minimum atomic E-state index is -6.10. The van der Waals surface area contributed by atoms with Crippen LogP contribution in [-0.4, -0.2) is 12.4 Å². The molecule has 1 nitrogen and oxygen atoms in total. The maximum atomic E-state index is 13.7. The van der Waals surface area contributed by atoms with E-state index in [1.807, 2.05) is 0 Å². The molecule has 0 aliphatic carbocycles. The minimum Gasteiger partial charge on any atom is -0.399 e. The van der Waals surface area contributed by atoms with Crippen molar-refractivity contribution in [3.63, 3.8) is 0 Å². The minimum absolute atomic E-state index is 0.0120. The number of alkyl halides is 7. The number of nitrogens with two attached hydrogens (primary N) is 1. The summed E-state index contributed by atoms with van der Waals surface area (Å²) in [7, 11) is 0. The summed E-state index contributed by atoms with van der Waals surface area (Å²) in [6.45, 7) is 1.48. The maximum absolute atomic E-state index is 13.7. The SMILES string of the molecule is CCc1cc(C(F)(C(F)(F)F)C(F)(F)F)ccc1N. The van der Waals surface area contributed by atoms with E-state index in [-0.39, 0.29) is 17.7 Å². The third kappa shape index (κ3) is 2.48. The van der Waals surface area contributed by atoms with Gasteiger partial charge in [0, 0.05) is 11.3 Å². The molecular weight excluding hydrogens is 279 g/mol. The van der Waals surface area contributed by atoms with Gasteiger partial charge in [-0.2, -0.15) is 26.3 Å². The summed E-state index contributed by atoms with van der Waals surface area (Å²) in [5, 5.41) is 0. The van der Waals surface area contributed by atoms with Gasteiger partial charge < -0.3 is 5.73 Å². The zero-order valence-electron chi connectivity index (χ0n) is 9.66. The average Bonchev–Trinajstić information content (AvgIpc) is 2.25. The highest BCUT2D eigenvalue weighted by molar-refractivity contribution is 5.50. The molecule has 0 heterocycles. The van der Waals surface area contributed by atoms with Crippen LogP contribution in [0.2, 0.25) is 0 Å². The Bertz CT molecular complexity index is 447.